The van der Waals surface area contributed by atoms with E-state index in [-0.39, 0.29) is 0 Å². The fraction of sp³-hybridized carbons (Fsp3) is 0.0962. The number of hydrogen-bond acceptors (Lipinski definition) is 25. The van der Waals surface area contributed by atoms with Gasteiger partial charge in [-0.25, -0.2) is 39.9 Å². The Morgan fingerprint density at radius 1 is 0.323 bits per heavy atom. The molecular formula is C104H78N28O. The zero-order chi connectivity index (χ0) is 93.2. The molecule has 29 heteroatoms. The Balaban J connectivity index is 0.000000136. The van der Waals surface area contributed by atoms with Gasteiger partial charge in [0.1, 0.15) is 40.0 Å². The molecule has 0 saturated carbocycles. The van der Waals surface area contributed by atoms with Crippen LogP contribution >= 0.6 is 0 Å². The Morgan fingerprint density at radius 3 is 0.977 bits per heavy atom. The molecule has 0 amide bonds. The number of rotatable bonds is 19. The molecule has 0 aliphatic heterocycles. The summed E-state index contributed by atoms with van der Waals surface area (Å²) in [7, 11) is 0. The predicted molar refractivity (Wildman–Crippen MR) is 513 cm³/mol. The quantitative estimate of drug-likeness (QED) is 0.0546. The van der Waals surface area contributed by atoms with Gasteiger partial charge in [0, 0.05) is 59.0 Å². The summed E-state index contributed by atoms with van der Waals surface area (Å²) in [6.45, 7) is 18.3. The highest BCUT2D eigenvalue weighted by Gasteiger charge is 2.25. The zero-order valence-electron chi connectivity index (χ0n) is 73.3. The number of aryl methyl sites for hydroxylation is 9. The smallest absolute Gasteiger partial charge is 0.229 e. The summed E-state index contributed by atoms with van der Waals surface area (Å²) in [5.74, 6) is 4.61. The van der Waals surface area contributed by atoms with Crippen molar-refractivity contribution in [3.63, 3.8) is 0 Å². The second kappa shape index (κ2) is 40.2. The number of furan rings is 1. The number of nitriles is 8. The molecule has 0 spiro atoms. The molecule has 133 heavy (non-hydrogen) atoms. The maximum Gasteiger partial charge on any atom is 0.229 e. The van der Waals surface area contributed by atoms with Crippen LogP contribution in [0, 0.1) is 146 Å². The van der Waals surface area contributed by atoms with Gasteiger partial charge in [0.2, 0.25) is 23.8 Å². The highest BCUT2D eigenvalue weighted by molar-refractivity contribution is 5.85. The summed E-state index contributed by atoms with van der Waals surface area (Å²) in [4.78, 5) is 55.6. The molecule has 9 aromatic carbocycles. The van der Waals surface area contributed by atoms with E-state index in [0.717, 1.165) is 147 Å². The third-order valence-electron chi connectivity index (χ3n) is 21.1. The first-order valence-electron chi connectivity index (χ1n) is 41.6. The van der Waals surface area contributed by atoms with Crippen molar-refractivity contribution in [1.29, 1.82) is 42.1 Å². The molecule has 640 valence electrons. The van der Waals surface area contributed by atoms with Crippen molar-refractivity contribution in [3.05, 3.63) is 345 Å². The molecule has 0 aliphatic rings. The van der Waals surface area contributed by atoms with E-state index in [1.165, 1.54) is 24.3 Å². The maximum atomic E-state index is 9.05. The van der Waals surface area contributed by atoms with Crippen LogP contribution in [0.2, 0.25) is 0 Å². The van der Waals surface area contributed by atoms with E-state index in [9.17, 15) is 0 Å². The Hall–Kier alpha value is -19.5. The molecule has 0 atom stereocenters. The highest BCUT2D eigenvalue weighted by atomic mass is 16.3. The van der Waals surface area contributed by atoms with Crippen LogP contribution in [0.3, 0.4) is 0 Å². The molecule has 4 N–H and O–H groups in total. The normalized spacial score (nSPS) is 10.9. The molecule has 9 aromatic heterocycles. The SMILES string of the molecule is CCc1nc2cnc(Nc3ccc(C#N)cc3)nc2n1-c1c(C)cc(/C=C/C#N)cc1C.Cc1cc(/C=C/C#N)cc(C)c1-n1c(-c2ccccc2)nc2cnc(Nc3ccc(C#N)cc3)nc21.Cc1cc(/C=C/C#N)cc(C)c1-n1c(-c2ccco2)nc2cnc(Nc3ccc(C#N)cc3)nc21.Cc1cc(/C=C/C#N)cc(C)c1-n1cnc2cnc(Nc3ccc(C#N)cc3)nc21. The van der Waals surface area contributed by atoms with E-state index >= 15 is 0 Å². The molecule has 0 unspecified atom stereocenters. The van der Waals surface area contributed by atoms with Crippen molar-refractivity contribution in [2.45, 2.75) is 68.7 Å². The zero-order valence-corrected chi connectivity index (χ0v) is 73.3. The van der Waals surface area contributed by atoms with Crippen LogP contribution in [-0.4, -0.2) is 78.1 Å². The first-order valence-corrected chi connectivity index (χ1v) is 41.6. The molecule has 0 fully saturated rings. The molecule has 18 rings (SSSR count). The Bertz CT molecular complexity index is 7880. The van der Waals surface area contributed by atoms with Crippen LogP contribution in [0.5, 0.6) is 0 Å². The summed E-state index contributed by atoms with van der Waals surface area (Å²) < 4.78 is 13.8. The van der Waals surface area contributed by atoms with Crippen LogP contribution in [0.25, 0.3) is 115 Å². The Morgan fingerprint density at radius 2 is 0.639 bits per heavy atom. The van der Waals surface area contributed by atoms with Crippen molar-refractivity contribution in [2.75, 3.05) is 21.3 Å². The number of allylic oxidation sites excluding steroid dienone is 4. The maximum absolute atomic E-state index is 9.05. The van der Waals surface area contributed by atoms with E-state index in [1.54, 1.807) is 122 Å². The topological polar surface area (TPSA) is 426 Å². The number of nitrogens with zero attached hydrogens (tertiary/aromatic N) is 24. The van der Waals surface area contributed by atoms with Gasteiger partial charge in [-0.05, 0) is 304 Å². The van der Waals surface area contributed by atoms with Crippen LogP contribution < -0.4 is 21.3 Å². The van der Waals surface area contributed by atoms with Gasteiger partial charge in [0.05, 0.1) is 125 Å². The van der Waals surface area contributed by atoms with Crippen LogP contribution in [0.1, 0.15) is 102 Å². The minimum atomic E-state index is 0.401. The minimum Gasteiger partial charge on any atom is -0.461 e. The first-order chi connectivity index (χ1) is 64.8. The van der Waals surface area contributed by atoms with Crippen LogP contribution in [0.15, 0.2) is 254 Å². The molecule has 18 aromatic rings. The molecule has 0 bridgehead atoms. The van der Waals surface area contributed by atoms with Gasteiger partial charge >= 0.3 is 0 Å². The first kappa shape index (κ1) is 88.4. The van der Waals surface area contributed by atoms with E-state index in [1.807, 2.05) is 190 Å². The average molecular weight is 1740 g/mol. The number of hydrogen-bond donors (Lipinski definition) is 4. The van der Waals surface area contributed by atoms with E-state index in [0.29, 0.717) is 91.1 Å². The molecule has 9 heterocycles. The van der Waals surface area contributed by atoms with Crippen molar-refractivity contribution >= 4 is 116 Å². The van der Waals surface area contributed by atoms with E-state index in [2.05, 4.69) is 117 Å². The monoisotopic (exact) mass is 1730 g/mol. The molecule has 0 radical (unpaired) electrons. The van der Waals surface area contributed by atoms with Gasteiger partial charge in [-0.15, -0.1) is 0 Å². The second-order valence-electron chi connectivity index (χ2n) is 30.4. The lowest BCUT2D eigenvalue weighted by Crippen LogP contribution is -2.07. The lowest BCUT2D eigenvalue weighted by atomic mass is 10.0. The van der Waals surface area contributed by atoms with Crippen molar-refractivity contribution in [1.82, 2.24) is 78.1 Å². The van der Waals surface area contributed by atoms with Gasteiger partial charge < -0.3 is 25.7 Å². The van der Waals surface area contributed by atoms with E-state index in [4.69, 9.17) is 76.4 Å². The number of nitrogens with one attached hydrogen (secondary N) is 4. The van der Waals surface area contributed by atoms with Crippen molar-refractivity contribution in [3.8, 4) is 94.3 Å². The Kier molecular flexibility index (Phi) is 26.7. The van der Waals surface area contributed by atoms with Gasteiger partial charge in [-0.2, -0.15) is 62.0 Å². The lowest BCUT2D eigenvalue weighted by molar-refractivity contribution is 0.576. The fourth-order valence-corrected chi connectivity index (χ4v) is 15.5. The third-order valence-corrected chi connectivity index (χ3v) is 21.1. The Labute approximate surface area is 764 Å². The van der Waals surface area contributed by atoms with Gasteiger partial charge in [0.15, 0.2) is 34.2 Å². The van der Waals surface area contributed by atoms with E-state index < -0.39 is 0 Å². The number of benzene rings is 9. The van der Waals surface area contributed by atoms with Crippen molar-refractivity contribution in [2.24, 2.45) is 0 Å². The summed E-state index contributed by atoms with van der Waals surface area (Å²) >= 11 is 0. The molecule has 0 aliphatic carbocycles. The molecular weight excluding hydrogens is 1660 g/mol. The molecule has 29 nitrogen and oxygen atoms in total. The number of fused-ring (bicyclic) bond motifs is 4. The summed E-state index contributed by atoms with van der Waals surface area (Å²) in [6, 6.07) is 75.0. The molecule has 0 saturated heterocycles. The standard InChI is InChI=1S/C29H21N7.C27H19N7O.C25H21N7.C23H17N7/c1-19-15-22(7-6-14-30)16-20(2)26(19)36-27(23-8-4-3-5-9-23)34-25-18-32-29(35-28(25)36)33-24-12-10-21(17-31)11-13-24;1-17-13-20(5-3-11-28)14-18(2)24(17)34-25-22(32-26(34)23-6-4-12-35-23)16-30-27(33-25)31-21-9-7-19(15-29)8-10-21;1-4-22-30-21-15-28-25(29-20-9-7-18(14-27)8-10-20)31-24(21)32(22)23-16(2)12-19(6-5-11-26)13-17(23)3;1-15-10-18(4-3-9-24)11-16(2)21(15)30-14-27-20-13-26-23(29-22(20)30)28-19-7-5-17(12-25)6-8-19/h3-13,15-16,18H,1-2H3,(H,32,33,35);3-10,12-14,16H,1-2H3,(H,30,31,33);5-10,12-13,15H,4H2,1-3H3,(H,28,29,31);3-8,10-11,13-14H,1-2H3,(H,26,28,29)/b7-6+;5-3+;6-5+;4-3+. The highest BCUT2D eigenvalue weighted by Crippen LogP contribution is 2.37. The summed E-state index contributed by atoms with van der Waals surface area (Å²) in [5, 5.41) is 84.2. The summed E-state index contributed by atoms with van der Waals surface area (Å²) in [5.41, 5.74) is 27.9. The largest absolute Gasteiger partial charge is 0.461 e. The van der Waals surface area contributed by atoms with Gasteiger partial charge in [-0.3, -0.25) is 18.3 Å². The minimum absolute atomic E-state index is 0.401. The average Bonchev–Trinajstić information content (AvgIpc) is 1.59. The number of anilines is 8. The van der Waals surface area contributed by atoms with Gasteiger partial charge in [-0.1, -0.05) is 37.3 Å². The predicted octanol–water partition coefficient (Wildman–Crippen LogP) is 21.8. The van der Waals surface area contributed by atoms with Crippen LogP contribution in [-0.2, 0) is 6.42 Å². The third kappa shape index (κ3) is 20.0. The fourth-order valence-electron chi connectivity index (χ4n) is 15.5. The van der Waals surface area contributed by atoms with Gasteiger partial charge in [0.25, 0.3) is 0 Å². The second-order valence-corrected chi connectivity index (χ2v) is 30.4. The van der Waals surface area contributed by atoms with Crippen LogP contribution in [0.4, 0.5) is 46.5 Å². The number of imidazole rings is 4. The van der Waals surface area contributed by atoms with Crippen molar-refractivity contribution < 1.29 is 4.42 Å². The summed E-state index contributed by atoms with van der Waals surface area (Å²) in [6.07, 6.45) is 23.9. The lowest BCUT2D eigenvalue weighted by Gasteiger charge is -2.16. The number of aromatic nitrogens is 16.